The second kappa shape index (κ2) is 7.34. The number of nitrogens with zero attached hydrogens (tertiary/aromatic N) is 2. The van der Waals surface area contributed by atoms with E-state index in [-0.39, 0.29) is 18.1 Å². The molecular weight excluding hydrogens is 307 g/mol. The number of methoxy groups -OCH3 is 1. The number of rotatable bonds is 4. The van der Waals surface area contributed by atoms with Gasteiger partial charge in [-0.25, -0.2) is 4.39 Å². The van der Waals surface area contributed by atoms with Gasteiger partial charge in [0, 0.05) is 31.9 Å². The zero-order valence-electron chi connectivity index (χ0n) is 13.7. The monoisotopic (exact) mass is 328 g/mol. The molecule has 126 valence electrons. The van der Waals surface area contributed by atoms with Crippen LogP contribution in [0.2, 0.25) is 0 Å². The first-order chi connectivity index (χ1) is 11.7. The minimum Gasteiger partial charge on any atom is -0.497 e. The first kappa shape index (κ1) is 16.3. The maximum Gasteiger partial charge on any atom is 0.227 e. The maximum atomic E-state index is 13.7. The molecule has 0 unspecified atom stereocenters. The van der Waals surface area contributed by atoms with E-state index >= 15 is 0 Å². The Balaban J connectivity index is 1.56. The predicted molar refractivity (Wildman–Crippen MR) is 91.9 cm³/mol. The van der Waals surface area contributed by atoms with E-state index in [1.165, 1.54) is 6.07 Å². The highest BCUT2D eigenvalue weighted by Crippen LogP contribution is 2.20. The number of benzene rings is 2. The van der Waals surface area contributed by atoms with Crippen LogP contribution in [-0.2, 0) is 11.2 Å². The molecule has 0 aromatic heterocycles. The number of carbonyl (C=O) groups is 1. The van der Waals surface area contributed by atoms with Crippen LogP contribution in [0.15, 0.2) is 48.5 Å². The first-order valence-corrected chi connectivity index (χ1v) is 8.07. The topological polar surface area (TPSA) is 32.8 Å². The maximum absolute atomic E-state index is 13.7. The molecule has 0 N–H and O–H groups in total. The fraction of sp³-hybridized carbons (Fsp3) is 0.316. The number of piperazine rings is 1. The van der Waals surface area contributed by atoms with Crippen molar-refractivity contribution in [2.45, 2.75) is 6.42 Å². The molecule has 0 radical (unpaired) electrons. The summed E-state index contributed by atoms with van der Waals surface area (Å²) in [7, 11) is 1.65. The van der Waals surface area contributed by atoms with Gasteiger partial charge in [-0.1, -0.05) is 18.2 Å². The van der Waals surface area contributed by atoms with Crippen LogP contribution in [0, 0.1) is 5.82 Å². The van der Waals surface area contributed by atoms with Crippen LogP contribution in [0.3, 0.4) is 0 Å². The smallest absolute Gasteiger partial charge is 0.227 e. The van der Waals surface area contributed by atoms with Crippen molar-refractivity contribution in [2.75, 3.05) is 38.2 Å². The molecule has 0 spiro atoms. The van der Waals surface area contributed by atoms with E-state index in [4.69, 9.17) is 4.74 Å². The van der Waals surface area contributed by atoms with Gasteiger partial charge in [-0.3, -0.25) is 4.79 Å². The summed E-state index contributed by atoms with van der Waals surface area (Å²) >= 11 is 0. The molecule has 1 heterocycles. The summed E-state index contributed by atoms with van der Waals surface area (Å²) in [6.07, 6.45) is 0.120. The predicted octanol–water partition coefficient (Wildman–Crippen LogP) is 2.73. The van der Waals surface area contributed by atoms with Crippen molar-refractivity contribution in [1.82, 2.24) is 4.90 Å². The lowest BCUT2D eigenvalue weighted by atomic mass is 10.1. The van der Waals surface area contributed by atoms with Crippen LogP contribution in [0.25, 0.3) is 0 Å². The molecule has 0 bridgehead atoms. The van der Waals surface area contributed by atoms with Crippen molar-refractivity contribution in [1.29, 1.82) is 0 Å². The van der Waals surface area contributed by atoms with Crippen LogP contribution in [0.4, 0.5) is 10.1 Å². The third kappa shape index (κ3) is 3.67. The lowest BCUT2D eigenvalue weighted by Gasteiger charge is -2.36. The highest BCUT2D eigenvalue weighted by Gasteiger charge is 2.22. The van der Waals surface area contributed by atoms with Gasteiger partial charge in [0.1, 0.15) is 11.6 Å². The molecule has 2 aromatic rings. The van der Waals surface area contributed by atoms with Crippen LogP contribution in [0.1, 0.15) is 5.56 Å². The zero-order valence-corrected chi connectivity index (χ0v) is 13.7. The first-order valence-electron chi connectivity index (χ1n) is 8.07. The van der Waals surface area contributed by atoms with Crippen molar-refractivity contribution in [2.24, 2.45) is 0 Å². The van der Waals surface area contributed by atoms with Gasteiger partial charge < -0.3 is 14.5 Å². The Labute approximate surface area is 141 Å². The van der Waals surface area contributed by atoms with E-state index in [1.807, 2.05) is 29.2 Å². The largest absolute Gasteiger partial charge is 0.497 e. The Morgan fingerprint density at radius 3 is 2.33 bits per heavy atom. The molecule has 1 amide bonds. The Morgan fingerprint density at radius 2 is 1.71 bits per heavy atom. The van der Waals surface area contributed by atoms with Gasteiger partial charge in [0.25, 0.3) is 0 Å². The van der Waals surface area contributed by atoms with Gasteiger partial charge in [0.05, 0.1) is 13.5 Å². The fourth-order valence-corrected chi connectivity index (χ4v) is 2.92. The van der Waals surface area contributed by atoms with Gasteiger partial charge in [0.15, 0.2) is 0 Å². The van der Waals surface area contributed by atoms with E-state index in [2.05, 4.69) is 4.90 Å². The Morgan fingerprint density at radius 1 is 1.04 bits per heavy atom. The molecule has 1 fully saturated rings. The summed E-state index contributed by atoms with van der Waals surface area (Å²) < 4.78 is 18.8. The third-order valence-corrected chi connectivity index (χ3v) is 4.37. The normalized spacial score (nSPS) is 14.6. The summed E-state index contributed by atoms with van der Waals surface area (Å²) in [5, 5.41) is 0. The van der Waals surface area contributed by atoms with Crippen LogP contribution in [-0.4, -0.2) is 44.1 Å². The summed E-state index contributed by atoms with van der Waals surface area (Å²) in [5.74, 6) is 0.495. The van der Waals surface area contributed by atoms with Gasteiger partial charge in [-0.05, 0) is 35.9 Å². The molecular formula is C19H21FN2O2. The number of halogens is 1. The second-order valence-corrected chi connectivity index (χ2v) is 5.83. The zero-order chi connectivity index (χ0) is 16.9. The van der Waals surface area contributed by atoms with Crippen molar-refractivity contribution < 1.29 is 13.9 Å². The summed E-state index contributed by atoms with van der Waals surface area (Å²) in [6.45, 7) is 2.85. The molecule has 0 saturated carbocycles. The molecule has 5 heteroatoms. The summed E-state index contributed by atoms with van der Waals surface area (Å²) in [4.78, 5) is 16.4. The number of anilines is 1. The fourth-order valence-electron chi connectivity index (χ4n) is 2.92. The molecule has 1 aliphatic rings. The molecule has 2 aromatic carbocycles. The van der Waals surface area contributed by atoms with Gasteiger partial charge in [-0.2, -0.15) is 0 Å². The quantitative estimate of drug-likeness (QED) is 0.865. The summed E-state index contributed by atoms with van der Waals surface area (Å²) in [6, 6.07) is 14.4. The molecule has 0 aliphatic carbocycles. The van der Waals surface area contributed by atoms with Crippen molar-refractivity contribution in [3.05, 3.63) is 59.9 Å². The molecule has 24 heavy (non-hydrogen) atoms. The highest BCUT2D eigenvalue weighted by atomic mass is 19.1. The molecule has 1 saturated heterocycles. The van der Waals surface area contributed by atoms with E-state index < -0.39 is 0 Å². The van der Waals surface area contributed by atoms with E-state index in [1.54, 1.807) is 25.3 Å². The molecule has 1 aliphatic heterocycles. The number of ether oxygens (including phenoxy) is 1. The average Bonchev–Trinajstić information content (AvgIpc) is 2.64. The van der Waals surface area contributed by atoms with E-state index in [9.17, 15) is 9.18 Å². The van der Waals surface area contributed by atoms with Crippen LogP contribution >= 0.6 is 0 Å². The molecule has 3 rings (SSSR count). The van der Waals surface area contributed by atoms with Crippen LogP contribution < -0.4 is 9.64 Å². The lowest BCUT2D eigenvalue weighted by Crippen LogP contribution is -2.49. The number of hydrogen-bond acceptors (Lipinski definition) is 3. The second-order valence-electron chi connectivity index (χ2n) is 5.83. The van der Waals surface area contributed by atoms with E-state index in [0.717, 1.165) is 24.5 Å². The van der Waals surface area contributed by atoms with Crippen molar-refractivity contribution in [3.63, 3.8) is 0 Å². The number of hydrogen-bond donors (Lipinski definition) is 0. The minimum atomic E-state index is -0.317. The van der Waals surface area contributed by atoms with Gasteiger partial charge in [-0.15, -0.1) is 0 Å². The lowest BCUT2D eigenvalue weighted by molar-refractivity contribution is -0.130. The number of carbonyl (C=O) groups excluding carboxylic acids is 1. The van der Waals surface area contributed by atoms with E-state index in [0.29, 0.717) is 18.7 Å². The highest BCUT2D eigenvalue weighted by molar-refractivity contribution is 5.79. The average molecular weight is 328 g/mol. The van der Waals surface area contributed by atoms with Crippen molar-refractivity contribution >= 4 is 11.6 Å². The molecule has 0 atom stereocenters. The third-order valence-electron chi connectivity index (χ3n) is 4.37. The Hall–Kier alpha value is -2.56. The summed E-state index contributed by atoms with van der Waals surface area (Å²) in [5.41, 5.74) is 1.58. The Bertz CT molecular complexity index is 695. The van der Waals surface area contributed by atoms with Crippen molar-refractivity contribution in [3.8, 4) is 5.75 Å². The number of amides is 1. The Kier molecular flexibility index (Phi) is 4.99. The minimum absolute atomic E-state index is 0.0190. The van der Waals surface area contributed by atoms with Crippen LogP contribution in [0.5, 0.6) is 5.75 Å². The SMILES string of the molecule is COc1ccc(N2CCN(C(=O)Cc3ccccc3F)CC2)cc1. The standard InChI is InChI=1S/C19H21FN2O2/c1-24-17-8-6-16(7-9-17)21-10-12-22(13-11-21)19(23)14-15-4-2-3-5-18(15)20/h2-9H,10-14H2,1H3. The van der Waals surface area contributed by atoms with Gasteiger partial charge in [0.2, 0.25) is 5.91 Å². The molecule has 4 nitrogen and oxygen atoms in total. The van der Waals surface area contributed by atoms with Gasteiger partial charge >= 0.3 is 0 Å².